The summed E-state index contributed by atoms with van der Waals surface area (Å²) < 4.78 is 0. The highest BCUT2D eigenvalue weighted by Gasteiger charge is 2.45. The molecule has 102 valence electrons. The average Bonchev–Trinajstić information content (AvgIpc) is 2.98. The van der Waals surface area contributed by atoms with Gasteiger partial charge in [-0.1, -0.05) is 20.8 Å². The molecule has 0 aromatic rings. The number of carboxylic acid groups (broad SMARTS) is 1. The molecule has 5 nitrogen and oxygen atoms in total. The minimum Gasteiger partial charge on any atom is -0.465 e. The van der Waals surface area contributed by atoms with Crippen LogP contribution in [0.4, 0.5) is 4.79 Å². The lowest BCUT2D eigenvalue weighted by Crippen LogP contribution is -2.53. The van der Waals surface area contributed by atoms with Gasteiger partial charge in [-0.15, -0.1) is 0 Å². The predicted octanol–water partition coefficient (Wildman–Crippen LogP) is 1.68. The Morgan fingerprint density at radius 3 is 2.28 bits per heavy atom. The summed E-state index contributed by atoms with van der Waals surface area (Å²) in [5, 5.41) is 12.3. The Hall–Kier alpha value is -1.26. The van der Waals surface area contributed by atoms with E-state index in [0.717, 1.165) is 12.8 Å². The maximum Gasteiger partial charge on any atom is 0.407 e. The summed E-state index contributed by atoms with van der Waals surface area (Å²) in [7, 11) is 0. The van der Waals surface area contributed by atoms with E-state index in [1.807, 2.05) is 20.8 Å². The molecule has 1 aliphatic heterocycles. The van der Waals surface area contributed by atoms with Gasteiger partial charge in [-0.25, -0.2) is 4.79 Å². The number of likely N-dealkylation sites (tertiary alicyclic amines) is 1. The van der Waals surface area contributed by atoms with E-state index < -0.39 is 6.09 Å². The van der Waals surface area contributed by atoms with E-state index in [0.29, 0.717) is 13.0 Å². The Morgan fingerprint density at radius 2 is 1.83 bits per heavy atom. The maximum absolute atomic E-state index is 11.8. The van der Waals surface area contributed by atoms with E-state index in [9.17, 15) is 14.7 Å². The molecular weight excluding hydrogens is 232 g/mol. The molecule has 0 spiro atoms. The number of hydrogen-bond donors (Lipinski definition) is 2. The van der Waals surface area contributed by atoms with Gasteiger partial charge in [0.05, 0.1) is 12.1 Å². The summed E-state index contributed by atoms with van der Waals surface area (Å²) >= 11 is 0. The van der Waals surface area contributed by atoms with Crippen molar-refractivity contribution in [3.63, 3.8) is 0 Å². The first-order chi connectivity index (χ1) is 8.30. The Labute approximate surface area is 108 Å². The van der Waals surface area contributed by atoms with Gasteiger partial charge in [0.1, 0.15) is 0 Å². The first-order valence-corrected chi connectivity index (χ1v) is 6.60. The molecule has 2 rings (SSSR count). The van der Waals surface area contributed by atoms with Crippen LogP contribution in [-0.2, 0) is 4.79 Å². The van der Waals surface area contributed by atoms with E-state index in [4.69, 9.17) is 0 Å². The van der Waals surface area contributed by atoms with Crippen molar-refractivity contribution >= 4 is 12.0 Å². The SMILES string of the molecule is CC(C)(C)[C@@H]1C(NC(=O)C2CC2)CCN1C(=O)O. The molecule has 1 saturated heterocycles. The molecule has 0 bridgehead atoms. The van der Waals surface area contributed by atoms with Crippen molar-refractivity contribution in [1.82, 2.24) is 10.2 Å². The second-order valence-corrected chi connectivity index (χ2v) is 6.46. The lowest BCUT2D eigenvalue weighted by molar-refractivity contribution is -0.123. The molecule has 1 unspecified atom stereocenters. The molecule has 5 heteroatoms. The highest BCUT2D eigenvalue weighted by atomic mass is 16.4. The van der Waals surface area contributed by atoms with Crippen LogP contribution in [-0.4, -0.2) is 40.6 Å². The van der Waals surface area contributed by atoms with Crippen LogP contribution in [0.25, 0.3) is 0 Å². The second-order valence-electron chi connectivity index (χ2n) is 6.46. The lowest BCUT2D eigenvalue weighted by atomic mass is 9.82. The molecular formula is C13H22N2O3. The zero-order valence-corrected chi connectivity index (χ0v) is 11.3. The number of carbonyl (C=O) groups excluding carboxylic acids is 1. The molecule has 2 atom stereocenters. The van der Waals surface area contributed by atoms with E-state index in [-0.39, 0.29) is 29.3 Å². The molecule has 2 amide bonds. The Balaban J connectivity index is 2.09. The van der Waals surface area contributed by atoms with E-state index >= 15 is 0 Å². The highest BCUT2D eigenvalue weighted by Crippen LogP contribution is 2.34. The number of carbonyl (C=O) groups is 2. The van der Waals surface area contributed by atoms with Crippen LogP contribution in [0.15, 0.2) is 0 Å². The van der Waals surface area contributed by atoms with Gasteiger partial charge in [-0.05, 0) is 24.7 Å². The van der Waals surface area contributed by atoms with Crippen molar-refractivity contribution in [2.24, 2.45) is 11.3 Å². The number of amides is 2. The van der Waals surface area contributed by atoms with Gasteiger partial charge in [0.2, 0.25) is 5.91 Å². The molecule has 2 fully saturated rings. The zero-order valence-electron chi connectivity index (χ0n) is 11.3. The van der Waals surface area contributed by atoms with Crippen molar-refractivity contribution in [2.45, 2.75) is 52.1 Å². The third-order valence-corrected chi connectivity index (χ3v) is 3.81. The first-order valence-electron chi connectivity index (χ1n) is 6.60. The van der Waals surface area contributed by atoms with Crippen molar-refractivity contribution in [2.75, 3.05) is 6.54 Å². The van der Waals surface area contributed by atoms with E-state index in [2.05, 4.69) is 5.32 Å². The third-order valence-electron chi connectivity index (χ3n) is 3.81. The van der Waals surface area contributed by atoms with Crippen molar-refractivity contribution in [1.29, 1.82) is 0 Å². The minimum atomic E-state index is -0.891. The van der Waals surface area contributed by atoms with Crippen LogP contribution < -0.4 is 5.32 Å². The maximum atomic E-state index is 11.8. The predicted molar refractivity (Wildman–Crippen MR) is 67.2 cm³/mol. The van der Waals surface area contributed by atoms with Gasteiger partial charge in [0.25, 0.3) is 0 Å². The average molecular weight is 254 g/mol. The summed E-state index contributed by atoms with van der Waals surface area (Å²) in [6, 6.07) is -0.188. The summed E-state index contributed by atoms with van der Waals surface area (Å²) in [5.74, 6) is 0.269. The zero-order chi connectivity index (χ0) is 13.5. The Kier molecular flexibility index (Phi) is 3.25. The largest absolute Gasteiger partial charge is 0.465 e. The van der Waals surface area contributed by atoms with Gasteiger partial charge in [-0.2, -0.15) is 0 Å². The van der Waals surface area contributed by atoms with Crippen molar-refractivity contribution in [3.8, 4) is 0 Å². The number of nitrogens with zero attached hydrogens (tertiary/aromatic N) is 1. The van der Waals surface area contributed by atoms with Gasteiger partial charge < -0.3 is 15.3 Å². The molecule has 0 radical (unpaired) electrons. The number of hydrogen-bond acceptors (Lipinski definition) is 2. The van der Waals surface area contributed by atoms with Crippen LogP contribution in [0, 0.1) is 11.3 Å². The summed E-state index contributed by atoms with van der Waals surface area (Å²) in [4.78, 5) is 24.6. The fourth-order valence-electron chi connectivity index (χ4n) is 2.88. The van der Waals surface area contributed by atoms with E-state index in [1.165, 1.54) is 4.90 Å². The summed E-state index contributed by atoms with van der Waals surface area (Å²) in [5.41, 5.74) is -0.170. The molecule has 2 aliphatic rings. The fraction of sp³-hybridized carbons (Fsp3) is 0.846. The van der Waals surface area contributed by atoms with Crippen molar-refractivity contribution < 1.29 is 14.7 Å². The third kappa shape index (κ3) is 2.60. The molecule has 1 saturated carbocycles. The standard InChI is InChI=1S/C13H22N2O3/c1-13(2,3)10-9(6-7-15(10)12(17)18)14-11(16)8-4-5-8/h8-10H,4-7H2,1-3H3,(H,14,16)(H,17,18)/t9?,10-/m0/s1. The Morgan fingerprint density at radius 1 is 1.22 bits per heavy atom. The monoisotopic (exact) mass is 254 g/mol. The van der Waals surface area contributed by atoms with Crippen molar-refractivity contribution in [3.05, 3.63) is 0 Å². The minimum absolute atomic E-state index is 0.0470. The number of rotatable bonds is 2. The topological polar surface area (TPSA) is 69.6 Å². The fourth-order valence-corrected chi connectivity index (χ4v) is 2.88. The molecule has 1 aliphatic carbocycles. The quantitative estimate of drug-likeness (QED) is 0.787. The number of nitrogens with one attached hydrogen (secondary N) is 1. The van der Waals surface area contributed by atoms with Gasteiger partial charge in [0, 0.05) is 12.5 Å². The van der Waals surface area contributed by atoms with E-state index in [1.54, 1.807) is 0 Å². The molecule has 0 aromatic heterocycles. The van der Waals surface area contributed by atoms with Crippen LogP contribution in [0.1, 0.15) is 40.0 Å². The molecule has 2 N–H and O–H groups in total. The van der Waals surface area contributed by atoms with Gasteiger partial charge in [0.15, 0.2) is 0 Å². The Bertz CT molecular complexity index is 358. The van der Waals surface area contributed by atoms with Crippen LogP contribution in [0.5, 0.6) is 0 Å². The normalized spacial score (nSPS) is 28.3. The summed E-state index contributed by atoms with van der Waals surface area (Å²) in [6.45, 7) is 6.58. The lowest BCUT2D eigenvalue weighted by Gasteiger charge is -2.37. The first kappa shape index (κ1) is 13.2. The van der Waals surface area contributed by atoms with Gasteiger partial charge >= 0.3 is 6.09 Å². The molecule has 0 aromatic carbocycles. The van der Waals surface area contributed by atoms with Crippen LogP contribution >= 0.6 is 0 Å². The summed E-state index contributed by atoms with van der Waals surface area (Å²) in [6.07, 6.45) is 1.77. The van der Waals surface area contributed by atoms with Crippen LogP contribution in [0.2, 0.25) is 0 Å². The van der Waals surface area contributed by atoms with Crippen LogP contribution in [0.3, 0.4) is 0 Å². The van der Waals surface area contributed by atoms with Gasteiger partial charge in [-0.3, -0.25) is 4.79 Å². The highest BCUT2D eigenvalue weighted by molar-refractivity contribution is 5.81. The second kappa shape index (κ2) is 4.44. The smallest absolute Gasteiger partial charge is 0.407 e. The molecule has 18 heavy (non-hydrogen) atoms. The molecule has 1 heterocycles.